The SMILES string of the molecule is CC(C)(C)N1CC(NC(=O)C(N)c2ccccc2)CC1=O. The van der Waals surface area contributed by atoms with E-state index in [4.69, 9.17) is 5.73 Å². The molecule has 0 aromatic heterocycles. The second-order valence-corrected chi connectivity index (χ2v) is 6.47. The Labute approximate surface area is 125 Å². The number of nitrogens with one attached hydrogen (secondary N) is 1. The van der Waals surface area contributed by atoms with Crippen molar-refractivity contribution < 1.29 is 9.59 Å². The highest BCUT2D eigenvalue weighted by Gasteiger charge is 2.37. The molecule has 1 saturated heterocycles. The van der Waals surface area contributed by atoms with E-state index in [-0.39, 0.29) is 23.4 Å². The van der Waals surface area contributed by atoms with Gasteiger partial charge in [-0.05, 0) is 26.3 Å². The molecular weight excluding hydrogens is 266 g/mol. The molecule has 1 aliphatic rings. The van der Waals surface area contributed by atoms with Gasteiger partial charge < -0.3 is 16.0 Å². The van der Waals surface area contributed by atoms with E-state index in [0.717, 1.165) is 5.56 Å². The van der Waals surface area contributed by atoms with E-state index in [0.29, 0.717) is 13.0 Å². The lowest BCUT2D eigenvalue weighted by Gasteiger charge is -2.32. The molecule has 5 heteroatoms. The van der Waals surface area contributed by atoms with Crippen LogP contribution in [-0.2, 0) is 9.59 Å². The molecule has 5 nitrogen and oxygen atoms in total. The number of carbonyl (C=O) groups excluding carboxylic acids is 2. The Hall–Kier alpha value is -1.88. The summed E-state index contributed by atoms with van der Waals surface area (Å²) in [6.45, 7) is 6.51. The first-order valence-corrected chi connectivity index (χ1v) is 7.20. The first-order valence-electron chi connectivity index (χ1n) is 7.20. The third kappa shape index (κ3) is 3.61. The molecule has 0 saturated carbocycles. The van der Waals surface area contributed by atoms with Crippen molar-refractivity contribution in [2.75, 3.05) is 6.54 Å². The van der Waals surface area contributed by atoms with E-state index in [9.17, 15) is 9.59 Å². The minimum absolute atomic E-state index is 0.0704. The third-order valence-corrected chi connectivity index (χ3v) is 3.72. The molecule has 1 aromatic rings. The number of nitrogens with zero attached hydrogens (tertiary/aromatic N) is 1. The van der Waals surface area contributed by atoms with Crippen molar-refractivity contribution in [1.82, 2.24) is 10.2 Å². The van der Waals surface area contributed by atoms with Crippen LogP contribution in [0.4, 0.5) is 0 Å². The smallest absolute Gasteiger partial charge is 0.241 e. The van der Waals surface area contributed by atoms with E-state index in [1.54, 1.807) is 4.90 Å². The van der Waals surface area contributed by atoms with Crippen LogP contribution in [0.3, 0.4) is 0 Å². The van der Waals surface area contributed by atoms with E-state index in [1.165, 1.54) is 0 Å². The molecule has 2 unspecified atom stereocenters. The highest BCUT2D eigenvalue weighted by Crippen LogP contribution is 2.22. The summed E-state index contributed by atoms with van der Waals surface area (Å²) in [7, 11) is 0. The number of nitrogens with two attached hydrogens (primary N) is 1. The topological polar surface area (TPSA) is 75.4 Å². The molecule has 1 fully saturated rings. The van der Waals surface area contributed by atoms with Gasteiger partial charge in [0, 0.05) is 18.5 Å². The summed E-state index contributed by atoms with van der Waals surface area (Å²) in [6, 6.07) is 8.36. The van der Waals surface area contributed by atoms with Gasteiger partial charge in [-0.25, -0.2) is 0 Å². The van der Waals surface area contributed by atoms with Crippen LogP contribution in [0.5, 0.6) is 0 Å². The van der Waals surface area contributed by atoms with Crippen LogP contribution in [0.25, 0.3) is 0 Å². The predicted molar refractivity (Wildman–Crippen MR) is 81.4 cm³/mol. The number of amides is 2. The molecule has 2 rings (SSSR count). The minimum Gasteiger partial charge on any atom is -0.349 e. The molecule has 0 bridgehead atoms. The fourth-order valence-corrected chi connectivity index (χ4v) is 2.56. The second-order valence-electron chi connectivity index (χ2n) is 6.47. The predicted octanol–water partition coefficient (Wildman–Crippen LogP) is 1.20. The molecule has 0 aliphatic carbocycles. The molecule has 114 valence electrons. The van der Waals surface area contributed by atoms with Crippen LogP contribution in [0.2, 0.25) is 0 Å². The highest BCUT2D eigenvalue weighted by molar-refractivity contribution is 5.85. The summed E-state index contributed by atoms with van der Waals surface area (Å²) in [6.07, 6.45) is 0.338. The maximum absolute atomic E-state index is 12.2. The monoisotopic (exact) mass is 289 g/mol. The maximum Gasteiger partial charge on any atom is 0.241 e. The van der Waals surface area contributed by atoms with Crippen molar-refractivity contribution in [3.8, 4) is 0 Å². The van der Waals surface area contributed by atoms with Gasteiger partial charge in [-0.2, -0.15) is 0 Å². The van der Waals surface area contributed by atoms with Gasteiger partial charge in [-0.3, -0.25) is 9.59 Å². The van der Waals surface area contributed by atoms with Crippen molar-refractivity contribution in [3.05, 3.63) is 35.9 Å². The molecule has 1 heterocycles. The number of hydrogen-bond acceptors (Lipinski definition) is 3. The Morgan fingerprint density at radius 1 is 1.33 bits per heavy atom. The lowest BCUT2D eigenvalue weighted by atomic mass is 10.1. The highest BCUT2D eigenvalue weighted by atomic mass is 16.2. The zero-order chi connectivity index (χ0) is 15.6. The summed E-state index contributed by atoms with van der Waals surface area (Å²) in [4.78, 5) is 26.0. The molecule has 1 aliphatic heterocycles. The van der Waals surface area contributed by atoms with Crippen LogP contribution in [0.1, 0.15) is 38.8 Å². The lowest BCUT2D eigenvalue weighted by Crippen LogP contribution is -2.46. The quantitative estimate of drug-likeness (QED) is 0.878. The second kappa shape index (κ2) is 5.85. The molecule has 0 spiro atoms. The van der Waals surface area contributed by atoms with Gasteiger partial charge in [0.25, 0.3) is 0 Å². The zero-order valence-electron chi connectivity index (χ0n) is 12.8. The van der Waals surface area contributed by atoms with Crippen molar-refractivity contribution in [2.45, 2.75) is 44.8 Å². The standard InChI is InChI=1S/C16H23N3O2/c1-16(2,3)19-10-12(9-13(19)20)18-15(21)14(17)11-7-5-4-6-8-11/h4-8,12,14H,9-10,17H2,1-3H3,(H,18,21). The van der Waals surface area contributed by atoms with Crippen LogP contribution in [0, 0.1) is 0 Å². The van der Waals surface area contributed by atoms with E-state index < -0.39 is 6.04 Å². The van der Waals surface area contributed by atoms with Crippen molar-refractivity contribution >= 4 is 11.8 Å². The fourth-order valence-electron chi connectivity index (χ4n) is 2.56. The molecule has 1 aromatic carbocycles. The largest absolute Gasteiger partial charge is 0.349 e. The van der Waals surface area contributed by atoms with Crippen LogP contribution < -0.4 is 11.1 Å². The summed E-state index contributed by atoms with van der Waals surface area (Å²) in [5, 5.41) is 2.88. The van der Waals surface area contributed by atoms with Crippen LogP contribution >= 0.6 is 0 Å². The summed E-state index contributed by atoms with van der Waals surface area (Å²) < 4.78 is 0. The Kier molecular flexibility index (Phi) is 4.32. The normalized spacial score (nSPS) is 20.5. The number of carbonyl (C=O) groups is 2. The summed E-state index contributed by atoms with van der Waals surface area (Å²) >= 11 is 0. The first kappa shape index (κ1) is 15.5. The van der Waals surface area contributed by atoms with Gasteiger partial charge in [0.1, 0.15) is 6.04 Å². The summed E-state index contributed by atoms with van der Waals surface area (Å²) in [5.74, 6) is -0.171. The van der Waals surface area contributed by atoms with Gasteiger partial charge in [0.15, 0.2) is 0 Å². The molecule has 21 heavy (non-hydrogen) atoms. The lowest BCUT2D eigenvalue weighted by molar-refractivity contribution is -0.131. The Bertz CT molecular complexity index is 522. The third-order valence-electron chi connectivity index (χ3n) is 3.72. The van der Waals surface area contributed by atoms with Crippen molar-refractivity contribution in [2.24, 2.45) is 5.73 Å². The molecule has 2 amide bonds. The number of benzene rings is 1. The van der Waals surface area contributed by atoms with Gasteiger partial charge >= 0.3 is 0 Å². The average Bonchev–Trinajstić information content (AvgIpc) is 2.79. The van der Waals surface area contributed by atoms with Gasteiger partial charge in [-0.15, -0.1) is 0 Å². The molecule has 0 radical (unpaired) electrons. The number of hydrogen-bond donors (Lipinski definition) is 2. The summed E-state index contributed by atoms with van der Waals surface area (Å²) in [5.41, 5.74) is 6.51. The van der Waals surface area contributed by atoms with Crippen LogP contribution in [-0.4, -0.2) is 34.8 Å². The van der Waals surface area contributed by atoms with E-state index >= 15 is 0 Å². The molecular formula is C16H23N3O2. The van der Waals surface area contributed by atoms with Gasteiger partial charge in [0.05, 0.1) is 6.04 Å². The first-order chi connectivity index (χ1) is 9.79. The fraction of sp³-hybridized carbons (Fsp3) is 0.500. The van der Waals surface area contributed by atoms with E-state index in [2.05, 4.69) is 5.32 Å². The Balaban J connectivity index is 1.97. The van der Waals surface area contributed by atoms with Crippen LogP contribution in [0.15, 0.2) is 30.3 Å². The Morgan fingerprint density at radius 2 is 1.95 bits per heavy atom. The average molecular weight is 289 g/mol. The Morgan fingerprint density at radius 3 is 2.48 bits per heavy atom. The van der Waals surface area contributed by atoms with Crippen molar-refractivity contribution in [3.63, 3.8) is 0 Å². The van der Waals surface area contributed by atoms with Gasteiger partial charge in [-0.1, -0.05) is 30.3 Å². The zero-order valence-corrected chi connectivity index (χ0v) is 12.8. The number of likely N-dealkylation sites (tertiary alicyclic amines) is 1. The molecule has 3 N–H and O–H groups in total. The van der Waals surface area contributed by atoms with Gasteiger partial charge in [0.2, 0.25) is 11.8 Å². The maximum atomic E-state index is 12.2. The number of rotatable bonds is 3. The van der Waals surface area contributed by atoms with Crippen molar-refractivity contribution in [1.29, 1.82) is 0 Å². The molecule has 2 atom stereocenters. The van der Waals surface area contributed by atoms with E-state index in [1.807, 2.05) is 51.1 Å². The minimum atomic E-state index is -0.704.